The lowest BCUT2D eigenvalue weighted by Gasteiger charge is -2.04. The summed E-state index contributed by atoms with van der Waals surface area (Å²) in [6, 6.07) is 6.72. The number of urea groups is 1. The number of carbonyl (C=O) groups excluding carboxylic acids is 3. The Morgan fingerprint density at radius 3 is 2.77 bits per heavy atom. The van der Waals surface area contributed by atoms with Crippen molar-refractivity contribution in [1.82, 2.24) is 21.0 Å². The highest BCUT2D eigenvalue weighted by atomic mass is 35.5. The average molecular weight is 451 g/mol. The van der Waals surface area contributed by atoms with E-state index in [0.29, 0.717) is 40.8 Å². The molecule has 0 saturated carbocycles. The number of aromatic nitrogens is 1. The van der Waals surface area contributed by atoms with Crippen LogP contribution in [0.4, 0.5) is 4.79 Å². The van der Waals surface area contributed by atoms with Crippen LogP contribution in [0.5, 0.6) is 0 Å². The highest BCUT2D eigenvalue weighted by Crippen LogP contribution is 2.12. The predicted octanol–water partition coefficient (Wildman–Crippen LogP) is 2.21. The number of halogens is 1. The molecule has 1 aromatic heterocycles. The van der Waals surface area contributed by atoms with E-state index < -0.39 is 6.03 Å². The number of nitrogens with zero attached hydrogens (tertiary/aromatic N) is 2. The first kappa shape index (κ1) is 23.3. The third-order valence-electron chi connectivity index (χ3n) is 3.88. The zero-order chi connectivity index (χ0) is 21.9. The van der Waals surface area contributed by atoms with Crippen LogP contribution in [0.1, 0.15) is 40.8 Å². The number of primary amides is 1. The summed E-state index contributed by atoms with van der Waals surface area (Å²) in [5.74, 6) is -0.453. The number of hydrazone groups is 1. The van der Waals surface area contributed by atoms with Crippen molar-refractivity contribution in [1.29, 1.82) is 0 Å². The van der Waals surface area contributed by atoms with Crippen LogP contribution in [0.3, 0.4) is 0 Å². The Hall–Kier alpha value is -2.98. The second-order valence-corrected chi connectivity index (χ2v) is 7.74. The number of hydrogen-bond acceptors (Lipinski definition) is 6. The summed E-state index contributed by atoms with van der Waals surface area (Å²) >= 11 is 7.24. The van der Waals surface area contributed by atoms with Gasteiger partial charge in [-0.1, -0.05) is 23.7 Å². The first-order valence-electron chi connectivity index (χ1n) is 9.16. The highest BCUT2D eigenvalue weighted by molar-refractivity contribution is 7.09. The summed E-state index contributed by atoms with van der Waals surface area (Å²) in [5, 5.41) is 12.2. The molecule has 0 atom stereocenters. The van der Waals surface area contributed by atoms with E-state index in [1.165, 1.54) is 11.3 Å². The molecule has 2 rings (SSSR count). The fraction of sp³-hybridized carbons (Fsp3) is 0.316. The Labute approximate surface area is 183 Å². The lowest BCUT2D eigenvalue weighted by atomic mass is 10.1. The number of carbonyl (C=O) groups is 3. The molecule has 30 heavy (non-hydrogen) atoms. The summed E-state index contributed by atoms with van der Waals surface area (Å²) in [6.07, 6.45) is 1.25. The average Bonchev–Trinajstić information content (AvgIpc) is 3.18. The first-order chi connectivity index (χ1) is 14.3. The molecule has 9 nitrogen and oxygen atoms in total. The summed E-state index contributed by atoms with van der Waals surface area (Å²) in [5.41, 5.74) is 8.96. The van der Waals surface area contributed by atoms with Crippen LogP contribution in [-0.2, 0) is 17.8 Å². The second kappa shape index (κ2) is 11.9. The molecule has 0 saturated heterocycles. The van der Waals surface area contributed by atoms with E-state index in [0.717, 1.165) is 5.56 Å². The zero-order valence-electron chi connectivity index (χ0n) is 16.4. The largest absolute Gasteiger partial charge is 0.350 e. The van der Waals surface area contributed by atoms with Gasteiger partial charge >= 0.3 is 6.03 Å². The van der Waals surface area contributed by atoms with E-state index in [-0.39, 0.29) is 24.8 Å². The molecule has 1 aromatic carbocycles. The molecule has 2 aromatic rings. The molecule has 0 aliphatic heterocycles. The molecule has 160 valence electrons. The van der Waals surface area contributed by atoms with Crippen LogP contribution in [0, 0.1) is 0 Å². The molecular formula is C19H23ClN6O3S. The van der Waals surface area contributed by atoms with Gasteiger partial charge in [0.2, 0.25) is 5.91 Å². The topological polar surface area (TPSA) is 139 Å². The maximum absolute atomic E-state index is 12.2. The van der Waals surface area contributed by atoms with Crippen LogP contribution in [0.25, 0.3) is 0 Å². The fourth-order valence-electron chi connectivity index (χ4n) is 2.36. The first-order valence-corrected chi connectivity index (χ1v) is 10.4. The van der Waals surface area contributed by atoms with Gasteiger partial charge in [-0.25, -0.2) is 15.2 Å². The second-order valence-electron chi connectivity index (χ2n) is 6.36. The normalized spacial score (nSPS) is 11.1. The molecule has 0 fully saturated rings. The number of benzene rings is 1. The lowest BCUT2D eigenvalue weighted by molar-refractivity contribution is -0.121. The Morgan fingerprint density at radius 1 is 1.23 bits per heavy atom. The highest BCUT2D eigenvalue weighted by Gasteiger charge is 2.11. The van der Waals surface area contributed by atoms with Gasteiger partial charge in [-0.2, -0.15) is 5.10 Å². The van der Waals surface area contributed by atoms with E-state index in [1.807, 2.05) is 18.2 Å². The monoisotopic (exact) mass is 450 g/mol. The minimum Gasteiger partial charge on any atom is -0.350 e. The van der Waals surface area contributed by atoms with E-state index in [2.05, 4.69) is 26.1 Å². The van der Waals surface area contributed by atoms with Crippen LogP contribution in [-0.4, -0.2) is 35.1 Å². The Morgan fingerprint density at radius 2 is 2.03 bits per heavy atom. The Balaban J connectivity index is 1.71. The van der Waals surface area contributed by atoms with Gasteiger partial charge in [0.25, 0.3) is 5.91 Å². The summed E-state index contributed by atoms with van der Waals surface area (Å²) in [4.78, 5) is 38.9. The van der Waals surface area contributed by atoms with E-state index >= 15 is 0 Å². The third-order valence-corrected chi connectivity index (χ3v) is 4.96. The van der Waals surface area contributed by atoms with Crippen molar-refractivity contribution in [2.45, 2.75) is 32.7 Å². The van der Waals surface area contributed by atoms with Crippen molar-refractivity contribution < 1.29 is 14.4 Å². The van der Waals surface area contributed by atoms with Crippen molar-refractivity contribution >= 4 is 46.5 Å². The third kappa shape index (κ3) is 8.58. The van der Waals surface area contributed by atoms with Crippen molar-refractivity contribution in [2.75, 3.05) is 6.54 Å². The van der Waals surface area contributed by atoms with Crippen molar-refractivity contribution in [3.63, 3.8) is 0 Å². The number of amides is 4. The minimum atomic E-state index is -0.758. The van der Waals surface area contributed by atoms with Gasteiger partial charge in [-0.15, -0.1) is 11.3 Å². The molecule has 0 bridgehead atoms. The lowest BCUT2D eigenvalue weighted by Crippen LogP contribution is -2.27. The van der Waals surface area contributed by atoms with Crippen LogP contribution >= 0.6 is 22.9 Å². The fourth-order valence-corrected chi connectivity index (χ4v) is 3.29. The van der Waals surface area contributed by atoms with Crippen LogP contribution < -0.4 is 21.8 Å². The van der Waals surface area contributed by atoms with Gasteiger partial charge in [0.05, 0.1) is 6.54 Å². The Kier molecular flexibility index (Phi) is 9.23. The summed E-state index contributed by atoms with van der Waals surface area (Å²) < 4.78 is 0. The van der Waals surface area contributed by atoms with Gasteiger partial charge in [-0.3, -0.25) is 9.59 Å². The summed E-state index contributed by atoms with van der Waals surface area (Å²) in [7, 11) is 0. The number of hydrogen-bond donors (Lipinski definition) is 4. The zero-order valence-corrected chi connectivity index (χ0v) is 18.0. The quantitative estimate of drug-likeness (QED) is 0.325. The van der Waals surface area contributed by atoms with Crippen molar-refractivity contribution in [2.24, 2.45) is 10.8 Å². The predicted molar refractivity (Wildman–Crippen MR) is 117 cm³/mol. The van der Waals surface area contributed by atoms with Crippen LogP contribution in [0.2, 0.25) is 5.02 Å². The van der Waals surface area contributed by atoms with Gasteiger partial charge in [-0.05, 0) is 37.5 Å². The molecule has 0 aliphatic carbocycles. The molecule has 4 amide bonds. The van der Waals surface area contributed by atoms with E-state index in [9.17, 15) is 14.4 Å². The molecule has 11 heteroatoms. The molecular weight excluding hydrogens is 428 g/mol. The maximum Gasteiger partial charge on any atom is 0.332 e. The number of thiazole rings is 1. The van der Waals surface area contributed by atoms with E-state index in [1.54, 1.807) is 18.4 Å². The number of rotatable bonds is 10. The smallest absolute Gasteiger partial charge is 0.332 e. The minimum absolute atomic E-state index is 0.189. The molecule has 0 unspecified atom stereocenters. The standard InChI is InChI=1S/C19H23ClN6O3S/c1-12(25-26-19(21)29)5-6-16(27)23-10-17-24-15(11-30-17)18(28)22-8-7-13-3-2-4-14(20)9-13/h2-4,9,11H,5-8,10H2,1H3,(H,22,28)(H,23,27)(H3,21,26,29). The van der Waals surface area contributed by atoms with Crippen LogP contribution in [0.15, 0.2) is 34.7 Å². The number of nitrogens with one attached hydrogen (secondary N) is 3. The maximum atomic E-state index is 12.2. The SMILES string of the molecule is CC(CCC(=O)NCc1nc(C(=O)NCCc2cccc(Cl)c2)cs1)=NNC(N)=O. The van der Waals surface area contributed by atoms with E-state index in [4.69, 9.17) is 17.3 Å². The van der Waals surface area contributed by atoms with Gasteiger partial charge < -0.3 is 16.4 Å². The van der Waals surface area contributed by atoms with Gasteiger partial charge in [0.1, 0.15) is 10.7 Å². The van der Waals surface area contributed by atoms with Crippen molar-refractivity contribution in [3.8, 4) is 0 Å². The molecule has 0 spiro atoms. The molecule has 1 heterocycles. The molecule has 0 radical (unpaired) electrons. The van der Waals surface area contributed by atoms with Crippen molar-refractivity contribution in [3.05, 3.63) is 50.9 Å². The van der Waals surface area contributed by atoms with Gasteiger partial charge in [0.15, 0.2) is 0 Å². The molecule has 0 aliphatic rings. The van der Waals surface area contributed by atoms with Gasteiger partial charge in [0, 0.05) is 29.1 Å². The Bertz CT molecular complexity index is 930. The number of nitrogens with two attached hydrogens (primary N) is 1. The summed E-state index contributed by atoms with van der Waals surface area (Å²) in [6.45, 7) is 2.38. The molecule has 5 N–H and O–H groups in total.